The van der Waals surface area contributed by atoms with Gasteiger partial charge in [0.1, 0.15) is 22.4 Å². The molecule has 1 unspecified atom stereocenters. The van der Waals surface area contributed by atoms with E-state index in [4.69, 9.17) is 6.42 Å². The number of rotatable bonds is 3. The molecule has 1 N–H and O–H groups in total. The minimum atomic E-state index is -0.433. The van der Waals surface area contributed by atoms with E-state index in [2.05, 4.69) is 36.1 Å². The van der Waals surface area contributed by atoms with E-state index in [0.29, 0.717) is 21.9 Å². The molecule has 1 aliphatic rings. The maximum Gasteiger partial charge on any atom is 0.186 e. The lowest BCUT2D eigenvalue weighted by atomic mass is 10.00. The molecular formula is C18H17FN6S. The molecule has 1 atom stereocenters. The monoisotopic (exact) mass is 368 g/mol. The van der Waals surface area contributed by atoms with Gasteiger partial charge in [-0.25, -0.2) is 24.3 Å². The standard InChI is InChI=1S/C18H17FN6S/c1-3-12-5-4-6-25(9-12)18-24-15-13(19)8-20-17(16(15)26-18)23-14-7-11(2)21-10-22-14/h1,7-8,10,12H,4-6,9H2,2H3,(H,20,21,22,23). The van der Waals surface area contributed by atoms with Gasteiger partial charge in [0.2, 0.25) is 0 Å². The van der Waals surface area contributed by atoms with E-state index in [9.17, 15) is 4.39 Å². The topological polar surface area (TPSA) is 66.8 Å². The van der Waals surface area contributed by atoms with E-state index in [0.717, 1.165) is 36.8 Å². The summed E-state index contributed by atoms with van der Waals surface area (Å²) in [5.41, 5.74) is 1.15. The van der Waals surface area contributed by atoms with E-state index in [-0.39, 0.29) is 5.92 Å². The molecule has 132 valence electrons. The Morgan fingerprint density at radius 3 is 3.08 bits per heavy atom. The summed E-state index contributed by atoms with van der Waals surface area (Å²) in [5, 5.41) is 3.91. The highest BCUT2D eigenvalue weighted by Gasteiger charge is 2.23. The lowest BCUT2D eigenvalue weighted by Crippen LogP contribution is -2.34. The Bertz CT molecular complexity index is 995. The third-order valence-corrected chi connectivity index (χ3v) is 5.46. The van der Waals surface area contributed by atoms with Crippen LogP contribution in [-0.4, -0.2) is 33.0 Å². The van der Waals surface area contributed by atoms with Gasteiger partial charge in [0, 0.05) is 30.8 Å². The summed E-state index contributed by atoms with van der Waals surface area (Å²) in [7, 11) is 0. The molecule has 6 nitrogen and oxygen atoms in total. The van der Waals surface area contributed by atoms with Crippen LogP contribution in [-0.2, 0) is 0 Å². The highest BCUT2D eigenvalue weighted by atomic mass is 32.1. The van der Waals surface area contributed by atoms with Gasteiger partial charge in [-0.3, -0.25) is 0 Å². The summed E-state index contributed by atoms with van der Waals surface area (Å²) in [6.07, 6.45) is 10.3. The predicted molar refractivity (Wildman–Crippen MR) is 101 cm³/mol. The van der Waals surface area contributed by atoms with Crippen LogP contribution in [0, 0.1) is 31.0 Å². The first-order chi connectivity index (χ1) is 12.6. The molecule has 0 saturated carbocycles. The summed E-state index contributed by atoms with van der Waals surface area (Å²) >= 11 is 1.42. The number of anilines is 3. The van der Waals surface area contributed by atoms with Gasteiger partial charge in [0.05, 0.1) is 6.20 Å². The Kier molecular flexibility index (Phi) is 4.39. The number of halogens is 1. The van der Waals surface area contributed by atoms with Gasteiger partial charge in [0.15, 0.2) is 16.8 Å². The van der Waals surface area contributed by atoms with Gasteiger partial charge in [-0.15, -0.1) is 12.3 Å². The van der Waals surface area contributed by atoms with Crippen molar-refractivity contribution in [2.24, 2.45) is 5.92 Å². The molecule has 0 aromatic carbocycles. The van der Waals surface area contributed by atoms with Crippen LogP contribution in [0.3, 0.4) is 0 Å². The summed E-state index contributed by atoms with van der Waals surface area (Å²) in [6, 6.07) is 1.81. The smallest absolute Gasteiger partial charge is 0.186 e. The second-order valence-electron chi connectivity index (χ2n) is 6.25. The average molecular weight is 368 g/mol. The fraction of sp³-hybridized carbons (Fsp3) is 0.333. The highest BCUT2D eigenvalue weighted by Crippen LogP contribution is 2.36. The van der Waals surface area contributed by atoms with Gasteiger partial charge in [-0.2, -0.15) is 0 Å². The summed E-state index contributed by atoms with van der Waals surface area (Å²) in [5.74, 6) is 3.74. The first kappa shape index (κ1) is 16.7. The van der Waals surface area contributed by atoms with Gasteiger partial charge < -0.3 is 10.2 Å². The van der Waals surface area contributed by atoms with Crippen LogP contribution in [0.25, 0.3) is 10.2 Å². The fourth-order valence-electron chi connectivity index (χ4n) is 3.03. The predicted octanol–water partition coefficient (Wildman–Crippen LogP) is 3.52. The van der Waals surface area contributed by atoms with Crippen molar-refractivity contribution in [1.29, 1.82) is 0 Å². The van der Waals surface area contributed by atoms with Crippen LogP contribution < -0.4 is 10.2 Å². The zero-order valence-electron chi connectivity index (χ0n) is 14.2. The largest absolute Gasteiger partial charge is 0.347 e. The van der Waals surface area contributed by atoms with Gasteiger partial charge in [-0.1, -0.05) is 11.3 Å². The third kappa shape index (κ3) is 3.18. The van der Waals surface area contributed by atoms with E-state index in [1.54, 1.807) is 6.07 Å². The van der Waals surface area contributed by atoms with Crippen LogP contribution >= 0.6 is 11.3 Å². The van der Waals surface area contributed by atoms with Crippen molar-refractivity contribution in [2.75, 3.05) is 23.3 Å². The molecule has 0 radical (unpaired) electrons. The Balaban J connectivity index is 1.70. The van der Waals surface area contributed by atoms with Crippen molar-refractivity contribution >= 4 is 38.3 Å². The van der Waals surface area contributed by atoms with Crippen molar-refractivity contribution in [3.63, 3.8) is 0 Å². The number of fused-ring (bicyclic) bond motifs is 1. The van der Waals surface area contributed by atoms with Crippen LogP contribution in [0.1, 0.15) is 18.5 Å². The van der Waals surface area contributed by atoms with E-state index < -0.39 is 5.82 Å². The molecule has 0 amide bonds. The number of hydrogen-bond donors (Lipinski definition) is 1. The van der Waals surface area contributed by atoms with E-state index in [1.807, 2.05) is 6.92 Å². The molecule has 0 bridgehead atoms. The van der Waals surface area contributed by atoms with E-state index in [1.165, 1.54) is 23.9 Å². The molecule has 1 saturated heterocycles. The van der Waals surface area contributed by atoms with Crippen molar-refractivity contribution < 1.29 is 4.39 Å². The molecular weight excluding hydrogens is 351 g/mol. The Morgan fingerprint density at radius 2 is 2.27 bits per heavy atom. The van der Waals surface area contributed by atoms with Crippen molar-refractivity contribution in [3.05, 3.63) is 30.1 Å². The second-order valence-corrected chi connectivity index (χ2v) is 7.23. The number of thiazole rings is 1. The maximum absolute atomic E-state index is 14.3. The molecule has 0 spiro atoms. The first-order valence-electron chi connectivity index (χ1n) is 8.36. The van der Waals surface area contributed by atoms with Crippen LogP contribution in [0.15, 0.2) is 18.6 Å². The molecule has 4 heterocycles. The lowest BCUT2D eigenvalue weighted by Gasteiger charge is -2.29. The van der Waals surface area contributed by atoms with Crippen LogP contribution in [0.5, 0.6) is 0 Å². The molecule has 3 aromatic heterocycles. The van der Waals surface area contributed by atoms with Crippen molar-refractivity contribution in [2.45, 2.75) is 19.8 Å². The molecule has 4 rings (SSSR count). The minimum absolute atomic E-state index is 0.209. The number of aryl methyl sites for hydroxylation is 1. The number of nitrogens with one attached hydrogen (secondary N) is 1. The number of terminal acetylenes is 1. The van der Waals surface area contributed by atoms with Crippen molar-refractivity contribution in [3.8, 4) is 12.3 Å². The number of aromatic nitrogens is 4. The molecule has 1 fully saturated rings. The molecule has 1 aliphatic heterocycles. The van der Waals surface area contributed by atoms with Crippen LogP contribution in [0.2, 0.25) is 0 Å². The average Bonchev–Trinajstić information content (AvgIpc) is 3.11. The summed E-state index contributed by atoms with van der Waals surface area (Å²) in [6.45, 7) is 3.50. The summed E-state index contributed by atoms with van der Waals surface area (Å²) < 4.78 is 14.9. The van der Waals surface area contributed by atoms with Gasteiger partial charge in [-0.05, 0) is 19.8 Å². The maximum atomic E-state index is 14.3. The molecule has 8 heteroatoms. The fourth-order valence-corrected chi connectivity index (χ4v) is 4.08. The summed E-state index contributed by atoms with van der Waals surface area (Å²) in [4.78, 5) is 19.1. The molecule has 3 aromatic rings. The Morgan fingerprint density at radius 1 is 1.38 bits per heavy atom. The Labute approximate surface area is 154 Å². The SMILES string of the molecule is C#CC1CCCN(c2nc3c(F)cnc(Nc4cc(C)ncn4)c3s2)C1. The van der Waals surface area contributed by atoms with Crippen LogP contribution in [0.4, 0.5) is 21.2 Å². The van der Waals surface area contributed by atoms with Crippen molar-refractivity contribution in [1.82, 2.24) is 19.9 Å². The van der Waals surface area contributed by atoms with Gasteiger partial charge >= 0.3 is 0 Å². The zero-order valence-corrected chi connectivity index (χ0v) is 15.1. The quantitative estimate of drug-likeness (QED) is 0.714. The number of nitrogens with zero attached hydrogens (tertiary/aromatic N) is 5. The second kappa shape index (κ2) is 6.84. The highest BCUT2D eigenvalue weighted by molar-refractivity contribution is 7.22. The number of pyridine rings is 1. The van der Waals surface area contributed by atoms with Gasteiger partial charge in [0.25, 0.3) is 0 Å². The number of hydrogen-bond acceptors (Lipinski definition) is 7. The minimum Gasteiger partial charge on any atom is -0.347 e. The Hall–Kier alpha value is -2.79. The molecule has 26 heavy (non-hydrogen) atoms. The third-order valence-electron chi connectivity index (χ3n) is 4.34. The lowest BCUT2D eigenvalue weighted by molar-refractivity contribution is 0.497. The number of piperidine rings is 1. The zero-order chi connectivity index (χ0) is 18.1. The normalized spacial score (nSPS) is 17.3. The first-order valence-corrected chi connectivity index (χ1v) is 9.17. The molecule has 0 aliphatic carbocycles. The van der Waals surface area contributed by atoms with E-state index >= 15 is 0 Å².